The second-order valence-corrected chi connectivity index (χ2v) is 5.43. The zero-order valence-electron chi connectivity index (χ0n) is 10.5. The number of carbonyl (C=O) groups excluding carboxylic acids is 1. The van der Waals surface area contributed by atoms with E-state index >= 15 is 0 Å². The Kier molecular flexibility index (Phi) is 4.54. The van der Waals surface area contributed by atoms with Crippen LogP contribution < -0.4 is 0 Å². The normalized spacial score (nSPS) is 23.5. The van der Waals surface area contributed by atoms with Crippen LogP contribution in [-0.2, 0) is 4.74 Å². The van der Waals surface area contributed by atoms with Crippen LogP contribution in [0.15, 0.2) is 22.7 Å². The molecule has 1 heterocycles. The van der Waals surface area contributed by atoms with E-state index in [0.29, 0.717) is 23.2 Å². The summed E-state index contributed by atoms with van der Waals surface area (Å²) < 4.78 is 19.2. The summed E-state index contributed by atoms with van der Waals surface area (Å²) in [7, 11) is 0. The molecule has 1 aromatic rings. The molecule has 19 heavy (non-hydrogen) atoms. The van der Waals surface area contributed by atoms with Gasteiger partial charge in [0.1, 0.15) is 5.82 Å². The summed E-state index contributed by atoms with van der Waals surface area (Å²) >= 11 is 3.05. The largest absolute Gasteiger partial charge is 0.394 e. The van der Waals surface area contributed by atoms with E-state index in [2.05, 4.69) is 15.9 Å². The number of carbonyl (C=O) groups is 1. The van der Waals surface area contributed by atoms with Crippen molar-refractivity contribution in [3.63, 3.8) is 0 Å². The Morgan fingerprint density at radius 3 is 3.00 bits per heavy atom. The van der Waals surface area contributed by atoms with Crippen LogP contribution in [0.2, 0.25) is 0 Å². The molecule has 1 saturated heterocycles. The number of ether oxygens (including phenoxy) is 1. The summed E-state index contributed by atoms with van der Waals surface area (Å²) in [6, 6.07) is 4.20. The summed E-state index contributed by atoms with van der Waals surface area (Å²) in [5.41, 5.74) is 0.297. The van der Waals surface area contributed by atoms with Crippen molar-refractivity contribution < 1.29 is 19.0 Å². The topological polar surface area (TPSA) is 49.8 Å². The quantitative estimate of drug-likeness (QED) is 0.899. The Hall–Kier alpha value is -0.980. The van der Waals surface area contributed by atoms with Gasteiger partial charge in [-0.1, -0.05) is 0 Å². The van der Waals surface area contributed by atoms with Crippen molar-refractivity contribution in [3.8, 4) is 0 Å². The summed E-state index contributed by atoms with van der Waals surface area (Å²) in [4.78, 5) is 13.9. The first-order valence-electron chi connectivity index (χ1n) is 6.01. The maximum absolute atomic E-state index is 13.5. The van der Waals surface area contributed by atoms with E-state index < -0.39 is 5.82 Å². The molecule has 1 fully saturated rings. The minimum absolute atomic E-state index is 0.0954. The van der Waals surface area contributed by atoms with Gasteiger partial charge in [0.05, 0.1) is 29.8 Å². The number of halogens is 2. The molecule has 2 atom stereocenters. The molecule has 2 rings (SSSR count). The summed E-state index contributed by atoms with van der Waals surface area (Å²) in [6.45, 7) is 2.41. The Labute approximate surface area is 119 Å². The van der Waals surface area contributed by atoms with Crippen LogP contribution in [0.1, 0.15) is 17.3 Å². The monoisotopic (exact) mass is 331 g/mol. The molecular weight excluding hydrogens is 317 g/mol. The molecule has 1 aliphatic rings. The van der Waals surface area contributed by atoms with Gasteiger partial charge in [0.15, 0.2) is 0 Å². The highest BCUT2D eigenvalue weighted by molar-refractivity contribution is 9.10. The van der Waals surface area contributed by atoms with Crippen LogP contribution in [0.3, 0.4) is 0 Å². The Balaban J connectivity index is 2.19. The number of nitrogens with zero attached hydrogens (tertiary/aromatic N) is 1. The first kappa shape index (κ1) is 14.4. The van der Waals surface area contributed by atoms with E-state index in [1.165, 1.54) is 12.1 Å². The fourth-order valence-electron chi connectivity index (χ4n) is 2.01. The predicted molar refractivity (Wildman–Crippen MR) is 71.4 cm³/mol. The molecule has 0 aromatic heterocycles. The number of morpholine rings is 1. The lowest BCUT2D eigenvalue weighted by Crippen LogP contribution is -2.52. The van der Waals surface area contributed by atoms with Gasteiger partial charge in [-0.05, 0) is 41.1 Å². The molecule has 1 aromatic carbocycles. The van der Waals surface area contributed by atoms with Gasteiger partial charge < -0.3 is 14.7 Å². The minimum atomic E-state index is -0.467. The highest BCUT2D eigenvalue weighted by Gasteiger charge is 2.30. The van der Waals surface area contributed by atoms with Gasteiger partial charge in [0.25, 0.3) is 5.91 Å². The Morgan fingerprint density at radius 1 is 1.63 bits per heavy atom. The molecule has 0 bridgehead atoms. The van der Waals surface area contributed by atoms with Crippen LogP contribution in [0.5, 0.6) is 0 Å². The van der Waals surface area contributed by atoms with Crippen LogP contribution in [0.4, 0.5) is 4.39 Å². The molecular formula is C13H15BrFNO3. The van der Waals surface area contributed by atoms with E-state index in [0.717, 1.165) is 0 Å². The molecule has 2 unspecified atom stereocenters. The number of benzene rings is 1. The fourth-order valence-corrected chi connectivity index (χ4v) is 2.25. The number of hydrogen-bond acceptors (Lipinski definition) is 3. The highest BCUT2D eigenvalue weighted by Crippen LogP contribution is 2.20. The number of aliphatic hydroxyl groups is 1. The summed E-state index contributed by atoms with van der Waals surface area (Å²) in [5, 5.41) is 9.10. The fraction of sp³-hybridized carbons (Fsp3) is 0.462. The molecule has 0 saturated carbocycles. The lowest BCUT2D eigenvalue weighted by atomic mass is 10.1. The van der Waals surface area contributed by atoms with E-state index in [4.69, 9.17) is 9.84 Å². The van der Waals surface area contributed by atoms with Crippen molar-refractivity contribution in [2.75, 3.05) is 19.8 Å². The van der Waals surface area contributed by atoms with Crippen LogP contribution in [0, 0.1) is 5.82 Å². The van der Waals surface area contributed by atoms with Crippen LogP contribution in [-0.4, -0.2) is 47.8 Å². The smallest absolute Gasteiger partial charge is 0.254 e. The molecule has 104 valence electrons. The molecule has 0 radical (unpaired) electrons. The molecule has 0 spiro atoms. The number of amides is 1. The van der Waals surface area contributed by atoms with E-state index in [-0.39, 0.29) is 24.7 Å². The van der Waals surface area contributed by atoms with Gasteiger partial charge in [-0.25, -0.2) is 4.39 Å². The number of aliphatic hydroxyl groups excluding tert-OH is 1. The van der Waals surface area contributed by atoms with Crippen molar-refractivity contribution in [2.45, 2.75) is 19.1 Å². The Bertz CT molecular complexity index is 483. The second kappa shape index (κ2) is 5.98. The molecule has 1 N–H and O–H groups in total. The standard InChI is InChI=1S/C13H15BrFNO3/c1-8-7-19-10(6-17)5-16(8)13(18)9-2-3-11(14)12(15)4-9/h2-4,8,10,17H,5-7H2,1H3. The second-order valence-electron chi connectivity index (χ2n) is 4.57. The molecule has 1 aliphatic heterocycles. The third kappa shape index (κ3) is 3.13. The van der Waals surface area contributed by atoms with Crippen LogP contribution >= 0.6 is 15.9 Å². The average molecular weight is 332 g/mol. The van der Waals surface area contributed by atoms with Gasteiger partial charge in [0.2, 0.25) is 0 Å². The summed E-state index contributed by atoms with van der Waals surface area (Å²) in [6.07, 6.45) is -0.375. The van der Waals surface area contributed by atoms with Crippen molar-refractivity contribution in [1.82, 2.24) is 4.90 Å². The van der Waals surface area contributed by atoms with Crippen molar-refractivity contribution >= 4 is 21.8 Å². The van der Waals surface area contributed by atoms with E-state index in [1.807, 2.05) is 6.92 Å². The maximum Gasteiger partial charge on any atom is 0.254 e. The van der Waals surface area contributed by atoms with E-state index in [9.17, 15) is 9.18 Å². The first-order chi connectivity index (χ1) is 9.02. The lowest BCUT2D eigenvalue weighted by molar-refractivity contribution is -0.0667. The third-order valence-electron chi connectivity index (χ3n) is 3.14. The maximum atomic E-state index is 13.5. The molecule has 1 amide bonds. The zero-order chi connectivity index (χ0) is 14.0. The van der Waals surface area contributed by atoms with Gasteiger partial charge in [-0.15, -0.1) is 0 Å². The third-order valence-corrected chi connectivity index (χ3v) is 3.78. The Morgan fingerprint density at radius 2 is 2.37 bits per heavy atom. The lowest BCUT2D eigenvalue weighted by Gasteiger charge is -2.37. The van der Waals surface area contributed by atoms with Gasteiger partial charge in [-0.3, -0.25) is 4.79 Å². The van der Waals surface area contributed by atoms with Gasteiger partial charge in [-0.2, -0.15) is 0 Å². The first-order valence-corrected chi connectivity index (χ1v) is 6.80. The van der Waals surface area contributed by atoms with Crippen molar-refractivity contribution in [3.05, 3.63) is 34.1 Å². The van der Waals surface area contributed by atoms with E-state index in [1.54, 1.807) is 11.0 Å². The average Bonchev–Trinajstić information content (AvgIpc) is 2.41. The minimum Gasteiger partial charge on any atom is -0.394 e. The molecule has 0 aliphatic carbocycles. The van der Waals surface area contributed by atoms with Gasteiger partial charge >= 0.3 is 0 Å². The van der Waals surface area contributed by atoms with Crippen LogP contribution in [0.25, 0.3) is 0 Å². The number of hydrogen-bond donors (Lipinski definition) is 1. The SMILES string of the molecule is CC1COC(CO)CN1C(=O)c1ccc(Br)c(F)c1. The summed E-state index contributed by atoms with van der Waals surface area (Å²) in [5.74, 6) is -0.717. The van der Waals surface area contributed by atoms with Gasteiger partial charge in [0, 0.05) is 12.1 Å². The molecule has 6 heteroatoms. The predicted octanol–water partition coefficient (Wildman–Crippen LogP) is 1.81. The highest BCUT2D eigenvalue weighted by atomic mass is 79.9. The molecule has 4 nitrogen and oxygen atoms in total. The van der Waals surface area contributed by atoms with Crippen molar-refractivity contribution in [2.24, 2.45) is 0 Å². The van der Waals surface area contributed by atoms with Crippen molar-refractivity contribution in [1.29, 1.82) is 0 Å². The number of rotatable bonds is 2. The zero-order valence-corrected chi connectivity index (χ0v) is 12.1.